The van der Waals surface area contributed by atoms with Crippen molar-refractivity contribution in [2.24, 2.45) is 17.6 Å². The second-order valence-electron chi connectivity index (χ2n) is 6.76. The van der Waals surface area contributed by atoms with Crippen molar-refractivity contribution in [1.29, 1.82) is 0 Å². The molecule has 4 nitrogen and oxygen atoms in total. The largest absolute Gasteiger partial charge is 0.388 e. The van der Waals surface area contributed by atoms with Crippen LogP contribution in [0.2, 0.25) is 0 Å². The van der Waals surface area contributed by atoms with Crippen LogP contribution >= 0.6 is 0 Å². The van der Waals surface area contributed by atoms with Crippen LogP contribution in [0.25, 0.3) is 0 Å². The number of amides is 1. The first-order valence-corrected chi connectivity index (χ1v) is 7.74. The zero-order valence-corrected chi connectivity index (χ0v) is 12.0. The summed E-state index contributed by atoms with van der Waals surface area (Å²) in [4.78, 5) is 12.1. The van der Waals surface area contributed by atoms with E-state index in [-0.39, 0.29) is 17.9 Å². The predicted molar refractivity (Wildman–Crippen MR) is 75.5 cm³/mol. The van der Waals surface area contributed by atoms with Crippen molar-refractivity contribution in [3.05, 3.63) is 0 Å². The third-order valence-electron chi connectivity index (χ3n) is 4.80. The molecule has 0 bridgehead atoms. The van der Waals surface area contributed by atoms with Crippen LogP contribution in [0.4, 0.5) is 0 Å². The summed E-state index contributed by atoms with van der Waals surface area (Å²) in [6.07, 6.45) is 7.54. The molecule has 2 rings (SSSR count). The molecular weight excluding hydrogens is 240 g/mol. The second kappa shape index (κ2) is 6.23. The Hall–Kier alpha value is -0.610. The molecule has 19 heavy (non-hydrogen) atoms. The van der Waals surface area contributed by atoms with Crippen molar-refractivity contribution < 1.29 is 9.90 Å². The minimum Gasteiger partial charge on any atom is -0.388 e. The molecule has 2 aliphatic rings. The lowest BCUT2D eigenvalue weighted by Crippen LogP contribution is -2.47. The topological polar surface area (TPSA) is 75.3 Å². The van der Waals surface area contributed by atoms with Crippen LogP contribution in [0.3, 0.4) is 0 Å². The van der Waals surface area contributed by atoms with Crippen molar-refractivity contribution in [2.75, 3.05) is 6.54 Å². The Bertz CT molecular complexity index is 313. The molecule has 0 heterocycles. The van der Waals surface area contributed by atoms with Gasteiger partial charge in [-0.05, 0) is 44.4 Å². The Morgan fingerprint density at radius 2 is 2.00 bits per heavy atom. The highest BCUT2D eigenvalue weighted by Gasteiger charge is 2.34. The molecule has 0 aliphatic heterocycles. The Labute approximate surface area is 116 Å². The summed E-state index contributed by atoms with van der Waals surface area (Å²) >= 11 is 0. The molecule has 2 aliphatic carbocycles. The molecule has 110 valence electrons. The number of aliphatic hydroxyl groups is 1. The van der Waals surface area contributed by atoms with Crippen LogP contribution < -0.4 is 11.1 Å². The van der Waals surface area contributed by atoms with E-state index >= 15 is 0 Å². The van der Waals surface area contributed by atoms with E-state index in [2.05, 4.69) is 12.2 Å². The highest BCUT2D eigenvalue weighted by Crippen LogP contribution is 2.32. The Morgan fingerprint density at radius 3 is 2.63 bits per heavy atom. The van der Waals surface area contributed by atoms with E-state index < -0.39 is 5.60 Å². The fraction of sp³-hybridized carbons (Fsp3) is 0.933. The molecular formula is C15H28N2O2. The number of carbonyl (C=O) groups is 1. The van der Waals surface area contributed by atoms with Gasteiger partial charge in [-0.3, -0.25) is 4.79 Å². The normalized spacial score (nSPS) is 39.8. The summed E-state index contributed by atoms with van der Waals surface area (Å²) in [5, 5.41) is 13.5. The Morgan fingerprint density at radius 1 is 1.32 bits per heavy atom. The molecule has 0 saturated heterocycles. The van der Waals surface area contributed by atoms with E-state index in [4.69, 9.17) is 5.73 Å². The van der Waals surface area contributed by atoms with E-state index in [1.54, 1.807) is 0 Å². The molecule has 0 spiro atoms. The van der Waals surface area contributed by atoms with Gasteiger partial charge in [-0.2, -0.15) is 0 Å². The summed E-state index contributed by atoms with van der Waals surface area (Å²) in [5.74, 6) is 0.770. The molecule has 2 atom stereocenters. The maximum atomic E-state index is 12.1. The van der Waals surface area contributed by atoms with Crippen LogP contribution in [0.1, 0.15) is 58.3 Å². The van der Waals surface area contributed by atoms with Crippen molar-refractivity contribution in [3.8, 4) is 0 Å². The smallest absolute Gasteiger partial charge is 0.223 e. The lowest BCUT2D eigenvalue weighted by atomic mass is 9.78. The van der Waals surface area contributed by atoms with Crippen LogP contribution in [0, 0.1) is 11.8 Å². The van der Waals surface area contributed by atoms with Gasteiger partial charge in [0.15, 0.2) is 0 Å². The lowest BCUT2D eigenvalue weighted by Gasteiger charge is -2.36. The van der Waals surface area contributed by atoms with Gasteiger partial charge in [-0.1, -0.05) is 19.8 Å². The maximum Gasteiger partial charge on any atom is 0.223 e. The van der Waals surface area contributed by atoms with Crippen molar-refractivity contribution in [3.63, 3.8) is 0 Å². The molecule has 0 aromatic carbocycles. The van der Waals surface area contributed by atoms with Gasteiger partial charge in [0, 0.05) is 18.5 Å². The standard InChI is InChI=1S/C15H28N2O2/c1-11-3-2-8-15(19,9-11)10-17-14(18)12-4-6-13(16)7-5-12/h11-13,19H,2-10,16H2,1H3,(H,17,18). The van der Waals surface area contributed by atoms with Gasteiger partial charge in [0.2, 0.25) is 5.91 Å². The van der Waals surface area contributed by atoms with Crippen LogP contribution in [0.15, 0.2) is 0 Å². The number of hydrogen-bond acceptors (Lipinski definition) is 3. The first kappa shape index (κ1) is 14.8. The monoisotopic (exact) mass is 268 g/mol. The molecule has 4 N–H and O–H groups in total. The fourth-order valence-corrected chi connectivity index (χ4v) is 3.57. The summed E-state index contributed by atoms with van der Waals surface area (Å²) in [7, 11) is 0. The second-order valence-corrected chi connectivity index (χ2v) is 6.76. The molecule has 1 amide bonds. The van der Waals surface area contributed by atoms with Crippen LogP contribution in [-0.4, -0.2) is 29.2 Å². The van der Waals surface area contributed by atoms with Crippen molar-refractivity contribution in [2.45, 2.75) is 69.9 Å². The highest BCUT2D eigenvalue weighted by molar-refractivity contribution is 5.78. The molecule has 0 aromatic rings. The summed E-state index contributed by atoms with van der Waals surface area (Å²) < 4.78 is 0. The van der Waals surface area contributed by atoms with Gasteiger partial charge in [-0.15, -0.1) is 0 Å². The average Bonchev–Trinajstić information content (AvgIpc) is 2.37. The third-order valence-corrected chi connectivity index (χ3v) is 4.80. The predicted octanol–water partition coefficient (Wildman–Crippen LogP) is 1.56. The van der Waals surface area contributed by atoms with Gasteiger partial charge in [0.25, 0.3) is 0 Å². The molecule has 0 radical (unpaired) electrons. The Kier molecular flexibility index (Phi) is 4.85. The van der Waals surface area contributed by atoms with Gasteiger partial charge >= 0.3 is 0 Å². The molecule has 0 aromatic heterocycles. The van der Waals surface area contributed by atoms with E-state index in [1.807, 2.05) is 0 Å². The minimum atomic E-state index is -0.682. The van der Waals surface area contributed by atoms with E-state index in [0.29, 0.717) is 12.5 Å². The zero-order valence-electron chi connectivity index (χ0n) is 12.0. The van der Waals surface area contributed by atoms with Gasteiger partial charge in [-0.25, -0.2) is 0 Å². The highest BCUT2D eigenvalue weighted by atomic mass is 16.3. The lowest BCUT2D eigenvalue weighted by molar-refractivity contribution is -0.127. The average molecular weight is 268 g/mol. The number of nitrogens with two attached hydrogens (primary N) is 1. The van der Waals surface area contributed by atoms with Gasteiger partial charge in [0.05, 0.1) is 5.60 Å². The fourth-order valence-electron chi connectivity index (χ4n) is 3.57. The van der Waals surface area contributed by atoms with Crippen LogP contribution in [-0.2, 0) is 4.79 Å². The summed E-state index contributed by atoms with van der Waals surface area (Å²) in [5.41, 5.74) is 5.17. The van der Waals surface area contributed by atoms with Crippen LogP contribution in [0.5, 0.6) is 0 Å². The molecule has 4 heteroatoms. The summed E-state index contributed by atoms with van der Waals surface area (Å²) in [6.45, 7) is 2.59. The van der Waals surface area contributed by atoms with Gasteiger partial charge in [0.1, 0.15) is 0 Å². The zero-order chi connectivity index (χ0) is 13.9. The number of carbonyl (C=O) groups excluding carboxylic acids is 1. The Balaban J connectivity index is 1.76. The first-order chi connectivity index (χ1) is 8.98. The summed E-state index contributed by atoms with van der Waals surface area (Å²) in [6, 6.07) is 0.271. The molecule has 2 unspecified atom stereocenters. The first-order valence-electron chi connectivity index (χ1n) is 7.74. The maximum absolute atomic E-state index is 12.1. The van der Waals surface area contributed by atoms with Crippen molar-refractivity contribution in [1.82, 2.24) is 5.32 Å². The third kappa shape index (κ3) is 4.18. The van der Waals surface area contributed by atoms with E-state index in [9.17, 15) is 9.90 Å². The number of rotatable bonds is 3. The quantitative estimate of drug-likeness (QED) is 0.727. The minimum absolute atomic E-state index is 0.101. The number of nitrogens with one attached hydrogen (secondary N) is 1. The van der Waals surface area contributed by atoms with E-state index in [0.717, 1.165) is 44.9 Å². The van der Waals surface area contributed by atoms with Gasteiger partial charge < -0.3 is 16.2 Å². The molecule has 2 saturated carbocycles. The van der Waals surface area contributed by atoms with Crippen molar-refractivity contribution >= 4 is 5.91 Å². The van der Waals surface area contributed by atoms with E-state index in [1.165, 1.54) is 6.42 Å². The molecule has 2 fully saturated rings. The SMILES string of the molecule is CC1CCCC(O)(CNC(=O)C2CCC(N)CC2)C1. The number of hydrogen-bond donors (Lipinski definition) is 3.